The Balaban J connectivity index is 2.33. The van der Waals surface area contributed by atoms with Crippen molar-refractivity contribution in [3.8, 4) is 11.5 Å². The SMILES string of the molecule is CC(Oc1ccc(N)cc1S(=O)(=O)O)Oc1ccc(N)cc1S(=O)(=O)O. The molecule has 0 amide bonds. The second kappa shape index (κ2) is 6.99. The number of hydrogen-bond acceptors (Lipinski definition) is 8. The lowest BCUT2D eigenvalue weighted by Crippen LogP contribution is -2.22. The molecule has 0 aliphatic heterocycles. The predicted molar refractivity (Wildman–Crippen MR) is 92.1 cm³/mol. The van der Waals surface area contributed by atoms with E-state index in [9.17, 15) is 25.9 Å². The molecule has 2 rings (SSSR count). The van der Waals surface area contributed by atoms with Crippen LogP contribution in [0, 0.1) is 0 Å². The van der Waals surface area contributed by atoms with Crippen LogP contribution in [0.3, 0.4) is 0 Å². The molecule has 0 saturated carbocycles. The van der Waals surface area contributed by atoms with Crippen molar-refractivity contribution in [2.45, 2.75) is 23.0 Å². The van der Waals surface area contributed by atoms with Gasteiger partial charge in [0.1, 0.15) is 21.3 Å². The van der Waals surface area contributed by atoms with Gasteiger partial charge in [-0.1, -0.05) is 0 Å². The van der Waals surface area contributed by atoms with Crippen LogP contribution in [0.2, 0.25) is 0 Å². The van der Waals surface area contributed by atoms with Crippen LogP contribution < -0.4 is 20.9 Å². The Bertz CT molecular complexity index is 951. The van der Waals surface area contributed by atoms with Crippen molar-refractivity contribution < 1.29 is 35.4 Å². The van der Waals surface area contributed by atoms with Crippen LogP contribution in [0.25, 0.3) is 0 Å². The van der Waals surface area contributed by atoms with Gasteiger partial charge < -0.3 is 20.9 Å². The van der Waals surface area contributed by atoms with Crippen molar-refractivity contribution in [3.05, 3.63) is 36.4 Å². The number of benzene rings is 2. The summed E-state index contributed by atoms with van der Waals surface area (Å²) in [4.78, 5) is -1.17. The summed E-state index contributed by atoms with van der Waals surface area (Å²) in [6.07, 6.45) is -1.21. The van der Waals surface area contributed by atoms with E-state index in [4.69, 9.17) is 20.9 Å². The minimum atomic E-state index is -4.62. The first-order valence-electron chi connectivity index (χ1n) is 6.95. The van der Waals surface area contributed by atoms with Crippen LogP contribution in [0.4, 0.5) is 11.4 Å². The summed E-state index contributed by atoms with van der Waals surface area (Å²) in [6.45, 7) is 1.34. The van der Waals surface area contributed by atoms with Crippen molar-refractivity contribution in [1.29, 1.82) is 0 Å². The zero-order chi connectivity index (χ0) is 19.7. The fourth-order valence-electron chi connectivity index (χ4n) is 2.03. The van der Waals surface area contributed by atoms with Gasteiger partial charge in [-0.15, -0.1) is 0 Å². The standard InChI is InChI=1S/C14H16N2O8S2/c1-8(23-11-4-2-9(15)6-13(11)25(17,18)19)24-12-5-3-10(16)7-14(12)26(20,21)22/h2-8H,15-16H2,1H3,(H,17,18,19)(H,20,21,22). The van der Waals surface area contributed by atoms with E-state index in [0.717, 1.165) is 12.1 Å². The Kier molecular flexibility index (Phi) is 5.32. The van der Waals surface area contributed by atoms with Crippen molar-refractivity contribution in [3.63, 3.8) is 0 Å². The molecule has 0 saturated heterocycles. The van der Waals surface area contributed by atoms with Crippen molar-refractivity contribution >= 4 is 31.6 Å². The molecule has 0 spiro atoms. The maximum Gasteiger partial charge on any atom is 0.298 e. The smallest absolute Gasteiger partial charge is 0.298 e. The van der Waals surface area contributed by atoms with Gasteiger partial charge in [0.15, 0.2) is 0 Å². The van der Waals surface area contributed by atoms with Crippen LogP contribution in [-0.4, -0.2) is 32.2 Å². The molecule has 0 bridgehead atoms. The highest BCUT2D eigenvalue weighted by Gasteiger charge is 2.22. The van der Waals surface area contributed by atoms with Gasteiger partial charge in [0, 0.05) is 18.3 Å². The second-order valence-corrected chi connectivity index (χ2v) is 7.95. The molecule has 2 aromatic rings. The van der Waals surface area contributed by atoms with E-state index < -0.39 is 36.3 Å². The molecule has 0 aliphatic rings. The quantitative estimate of drug-likeness (QED) is 0.310. The third-order valence-corrected chi connectivity index (χ3v) is 4.83. The number of nitrogen functional groups attached to an aromatic ring is 2. The van der Waals surface area contributed by atoms with E-state index in [1.807, 2.05) is 0 Å². The van der Waals surface area contributed by atoms with Crippen LogP contribution >= 0.6 is 0 Å². The summed E-state index contributed by atoms with van der Waals surface area (Å²) < 4.78 is 74.8. The van der Waals surface area contributed by atoms with Gasteiger partial charge in [-0.25, -0.2) is 0 Å². The molecule has 10 nitrogen and oxygen atoms in total. The Morgan fingerprint density at radius 3 is 1.46 bits per heavy atom. The van der Waals surface area contributed by atoms with Gasteiger partial charge in [-0.3, -0.25) is 9.11 Å². The third-order valence-electron chi connectivity index (χ3n) is 3.08. The minimum absolute atomic E-state index is 0.0748. The maximum atomic E-state index is 11.4. The van der Waals surface area contributed by atoms with E-state index >= 15 is 0 Å². The first-order chi connectivity index (χ1) is 11.9. The second-order valence-electron chi connectivity index (χ2n) is 5.17. The van der Waals surface area contributed by atoms with Crippen molar-refractivity contribution in [1.82, 2.24) is 0 Å². The number of rotatable bonds is 6. The fraction of sp³-hybridized carbons (Fsp3) is 0.143. The molecule has 6 N–H and O–H groups in total. The predicted octanol–water partition coefficient (Wildman–Crippen LogP) is 1.15. The number of hydrogen-bond donors (Lipinski definition) is 4. The summed E-state index contributed by atoms with van der Waals surface area (Å²) in [7, 11) is -9.25. The summed E-state index contributed by atoms with van der Waals surface area (Å²) in [5.74, 6) is -0.531. The Labute approximate surface area is 149 Å². The molecular formula is C14H16N2O8S2. The third kappa shape index (κ3) is 4.76. The summed E-state index contributed by atoms with van der Waals surface area (Å²) in [6, 6.07) is 7.05. The van der Waals surface area contributed by atoms with E-state index in [0.29, 0.717) is 0 Å². The zero-order valence-electron chi connectivity index (χ0n) is 13.4. The molecule has 0 unspecified atom stereocenters. The summed E-state index contributed by atoms with van der Waals surface area (Å²) >= 11 is 0. The van der Waals surface area contributed by atoms with Gasteiger partial charge in [0.05, 0.1) is 0 Å². The topological polar surface area (TPSA) is 179 Å². The fourth-order valence-corrected chi connectivity index (χ4v) is 3.34. The van der Waals surface area contributed by atoms with Crippen molar-refractivity contribution in [2.75, 3.05) is 11.5 Å². The number of ether oxygens (including phenoxy) is 2. The highest BCUT2D eigenvalue weighted by molar-refractivity contribution is 7.86. The summed E-state index contributed by atoms with van der Waals surface area (Å²) in [5, 5.41) is 0. The average molecular weight is 404 g/mol. The molecule has 0 radical (unpaired) electrons. The van der Waals surface area contributed by atoms with Gasteiger partial charge in [0.2, 0.25) is 6.29 Å². The van der Waals surface area contributed by atoms with E-state index in [1.165, 1.54) is 31.2 Å². The molecule has 0 aromatic heterocycles. The lowest BCUT2D eigenvalue weighted by Gasteiger charge is -2.19. The molecule has 12 heteroatoms. The lowest BCUT2D eigenvalue weighted by molar-refractivity contribution is 0.0175. The molecule has 26 heavy (non-hydrogen) atoms. The van der Waals surface area contributed by atoms with E-state index in [2.05, 4.69) is 0 Å². The first-order valence-corrected chi connectivity index (χ1v) is 9.83. The molecule has 0 fully saturated rings. The monoisotopic (exact) mass is 404 g/mol. The average Bonchev–Trinajstić information content (AvgIpc) is 2.49. The molecule has 2 aromatic carbocycles. The van der Waals surface area contributed by atoms with Crippen molar-refractivity contribution in [2.24, 2.45) is 0 Å². The van der Waals surface area contributed by atoms with Crippen LogP contribution in [0.5, 0.6) is 11.5 Å². The van der Waals surface area contributed by atoms with E-state index in [1.54, 1.807) is 0 Å². The summed E-state index contributed by atoms with van der Waals surface area (Å²) in [5.41, 5.74) is 11.1. The van der Waals surface area contributed by atoms with Crippen LogP contribution in [-0.2, 0) is 20.2 Å². The minimum Gasteiger partial charge on any atom is -0.454 e. The molecular weight excluding hydrogens is 388 g/mol. The normalized spacial score (nSPS) is 12.2. The van der Waals surface area contributed by atoms with Gasteiger partial charge in [0.25, 0.3) is 20.2 Å². The highest BCUT2D eigenvalue weighted by atomic mass is 32.2. The first kappa shape index (κ1) is 19.8. The Morgan fingerprint density at radius 1 is 0.808 bits per heavy atom. The van der Waals surface area contributed by atoms with Crippen LogP contribution in [0.15, 0.2) is 46.2 Å². The lowest BCUT2D eigenvalue weighted by atomic mass is 10.3. The zero-order valence-corrected chi connectivity index (χ0v) is 15.0. The Hall–Kier alpha value is -2.54. The van der Waals surface area contributed by atoms with Gasteiger partial charge in [-0.2, -0.15) is 16.8 Å². The van der Waals surface area contributed by atoms with Gasteiger partial charge >= 0.3 is 0 Å². The molecule has 142 valence electrons. The maximum absolute atomic E-state index is 11.4. The number of nitrogens with two attached hydrogens (primary N) is 2. The highest BCUT2D eigenvalue weighted by Crippen LogP contribution is 2.30. The van der Waals surface area contributed by atoms with Crippen LogP contribution in [0.1, 0.15) is 6.92 Å². The van der Waals surface area contributed by atoms with E-state index in [-0.39, 0.29) is 22.9 Å². The van der Waals surface area contributed by atoms with Gasteiger partial charge in [-0.05, 0) is 36.4 Å². The Morgan fingerprint density at radius 2 is 1.15 bits per heavy atom. The largest absolute Gasteiger partial charge is 0.454 e. The molecule has 0 aliphatic carbocycles. The molecule has 0 heterocycles. The number of anilines is 2. The molecule has 0 atom stereocenters.